The molecule has 0 fully saturated rings. The largest absolute Gasteiger partial charge is 0.326 e. The normalized spacial score (nSPS) is 13.0. The van der Waals surface area contributed by atoms with Crippen LogP contribution in [0, 0.1) is 13.8 Å². The molecule has 0 bridgehead atoms. The lowest BCUT2D eigenvalue weighted by atomic mass is 10.1. The minimum Gasteiger partial charge on any atom is -0.326 e. The maximum absolute atomic E-state index is 12.8. The van der Waals surface area contributed by atoms with E-state index in [1.54, 1.807) is 37.3 Å². The summed E-state index contributed by atoms with van der Waals surface area (Å²) in [7, 11) is 0.191. The number of benzene rings is 1. The fourth-order valence-electron chi connectivity index (χ4n) is 2.79. The predicted molar refractivity (Wildman–Crippen MR) is 106 cm³/mol. The molecule has 2 rings (SSSR count). The highest BCUT2D eigenvalue weighted by molar-refractivity contribution is 7.89. The van der Waals surface area contributed by atoms with Crippen molar-refractivity contribution in [2.75, 3.05) is 26.0 Å². The van der Waals surface area contributed by atoms with Gasteiger partial charge in [-0.3, -0.25) is 4.79 Å². The first-order chi connectivity index (χ1) is 12.1. The van der Waals surface area contributed by atoms with Gasteiger partial charge in [-0.15, -0.1) is 0 Å². The van der Waals surface area contributed by atoms with Gasteiger partial charge < -0.3 is 10.2 Å². The van der Waals surface area contributed by atoms with Crippen molar-refractivity contribution in [3.05, 3.63) is 45.6 Å². The van der Waals surface area contributed by atoms with Crippen LogP contribution in [0.3, 0.4) is 0 Å². The average molecular weight is 396 g/mol. The summed E-state index contributed by atoms with van der Waals surface area (Å²) in [6.07, 6.45) is 0. The molecule has 0 saturated heterocycles. The molecule has 0 saturated carbocycles. The van der Waals surface area contributed by atoms with Gasteiger partial charge in [-0.2, -0.15) is 11.3 Å². The second kappa shape index (κ2) is 8.30. The number of rotatable bonds is 7. The summed E-state index contributed by atoms with van der Waals surface area (Å²) in [5, 5.41) is 6.75. The van der Waals surface area contributed by atoms with Gasteiger partial charge in [0.25, 0.3) is 0 Å². The fourth-order valence-corrected chi connectivity index (χ4v) is 4.70. The number of nitrogens with zero attached hydrogens (tertiary/aromatic N) is 1. The van der Waals surface area contributed by atoms with Gasteiger partial charge in [0.1, 0.15) is 0 Å². The van der Waals surface area contributed by atoms with Gasteiger partial charge in [-0.05, 0) is 73.6 Å². The first-order valence-corrected chi connectivity index (χ1v) is 10.6. The van der Waals surface area contributed by atoms with E-state index in [-0.39, 0.29) is 23.4 Å². The van der Waals surface area contributed by atoms with Crippen LogP contribution in [0.2, 0.25) is 0 Å². The van der Waals surface area contributed by atoms with Crippen molar-refractivity contribution in [2.24, 2.45) is 0 Å². The van der Waals surface area contributed by atoms with Crippen LogP contribution in [0.5, 0.6) is 0 Å². The molecule has 1 aromatic heterocycles. The molecule has 2 N–H and O–H groups in total. The number of thiophene rings is 1. The number of nitrogens with one attached hydrogen (secondary N) is 2. The zero-order valence-corrected chi connectivity index (χ0v) is 17.3. The Morgan fingerprint density at radius 2 is 1.85 bits per heavy atom. The number of amides is 1. The number of hydrogen-bond donors (Lipinski definition) is 2. The van der Waals surface area contributed by atoms with E-state index in [9.17, 15) is 13.2 Å². The third-order valence-corrected chi connectivity index (χ3v) is 6.24. The molecule has 1 heterocycles. The number of sulfonamides is 1. The summed E-state index contributed by atoms with van der Waals surface area (Å²) in [5.74, 6) is -0.186. The highest BCUT2D eigenvalue weighted by Gasteiger charge is 2.21. The van der Waals surface area contributed by atoms with Crippen molar-refractivity contribution >= 4 is 33.0 Å². The van der Waals surface area contributed by atoms with Crippen LogP contribution in [-0.2, 0) is 14.8 Å². The molecular formula is C18H25N3O3S2. The van der Waals surface area contributed by atoms with Crippen LogP contribution in [0.4, 0.5) is 5.69 Å². The molecule has 0 aliphatic carbocycles. The highest BCUT2D eigenvalue weighted by atomic mass is 32.2. The van der Waals surface area contributed by atoms with Crippen molar-refractivity contribution in [1.82, 2.24) is 9.62 Å². The van der Waals surface area contributed by atoms with Crippen molar-refractivity contribution in [3.63, 3.8) is 0 Å². The molecule has 1 aromatic carbocycles. The first kappa shape index (κ1) is 20.6. The zero-order valence-electron chi connectivity index (χ0n) is 15.7. The van der Waals surface area contributed by atoms with E-state index >= 15 is 0 Å². The van der Waals surface area contributed by atoms with E-state index in [0.29, 0.717) is 16.8 Å². The molecule has 142 valence electrons. The Labute approximate surface area is 159 Å². The Hall–Kier alpha value is -1.74. The van der Waals surface area contributed by atoms with Crippen LogP contribution in [0.15, 0.2) is 33.9 Å². The van der Waals surface area contributed by atoms with Crippen molar-refractivity contribution in [1.29, 1.82) is 0 Å². The van der Waals surface area contributed by atoms with Gasteiger partial charge in [0.05, 0.1) is 4.90 Å². The maximum Gasteiger partial charge on any atom is 0.240 e. The Morgan fingerprint density at radius 1 is 1.23 bits per heavy atom. The van der Waals surface area contributed by atoms with Gasteiger partial charge >= 0.3 is 0 Å². The van der Waals surface area contributed by atoms with Crippen LogP contribution in [0.25, 0.3) is 0 Å². The van der Waals surface area contributed by atoms with Gasteiger partial charge in [-0.25, -0.2) is 13.1 Å². The molecule has 0 spiro atoms. The quantitative estimate of drug-likeness (QED) is 0.756. The van der Waals surface area contributed by atoms with E-state index in [1.165, 1.54) is 6.92 Å². The molecule has 1 amide bonds. The molecule has 1 unspecified atom stereocenters. The number of carbonyl (C=O) groups is 1. The second-order valence-corrected chi connectivity index (χ2v) is 9.05. The van der Waals surface area contributed by atoms with Gasteiger partial charge in [0.2, 0.25) is 15.9 Å². The van der Waals surface area contributed by atoms with Crippen LogP contribution in [0.1, 0.15) is 29.7 Å². The lowest BCUT2D eigenvalue weighted by Gasteiger charge is -2.24. The minimum absolute atomic E-state index is 0.0446. The van der Waals surface area contributed by atoms with E-state index in [1.807, 2.05) is 35.8 Å². The van der Waals surface area contributed by atoms with Gasteiger partial charge in [0, 0.05) is 25.2 Å². The number of aryl methyl sites for hydroxylation is 2. The monoisotopic (exact) mass is 395 g/mol. The number of likely N-dealkylation sites (N-methyl/N-ethyl adjacent to an activating group) is 1. The maximum atomic E-state index is 12.8. The van der Waals surface area contributed by atoms with Crippen molar-refractivity contribution in [2.45, 2.75) is 31.7 Å². The molecular weight excluding hydrogens is 370 g/mol. The number of hydrogen-bond acceptors (Lipinski definition) is 5. The minimum atomic E-state index is -3.66. The third-order valence-electron chi connectivity index (χ3n) is 4.14. The predicted octanol–water partition coefficient (Wildman–Crippen LogP) is 2.90. The van der Waals surface area contributed by atoms with Gasteiger partial charge in [-0.1, -0.05) is 0 Å². The summed E-state index contributed by atoms with van der Waals surface area (Å²) in [6, 6.07) is 5.11. The third kappa shape index (κ3) is 4.91. The lowest BCUT2D eigenvalue weighted by molar-refractivity contribution is -0.114. The van der Waals surface area contributed by atoms with Crippen LogP contribution in [-0.4, -0.2) is 39.9 Å². The Morgan fingerprint density at radius 3 is 2.31 bits per heavy atom. The Kier molecular flexibility index (Phi) is 6.57. The van der Waals surface area contributed by atoms with E-state index in [0.717, 1.165) is 5.56 Å². The standard InChI is InChI=1S/C18H25N3O3S2/c1-12-8-16(9-13(2)18(12)20-14(3)22)26(23,24)19-10-17(21(4)5)15-6-7-25-11-15/h6-9,11,17,19H,10H2,1-5H3,(H,20,22). The van der Waals surface area contributed by atoms with Crippen molar-refractivity contribution in [3.8, 4) is 0 Å². The molecule has 8 heteroatoms. The second-order valence-electron chi connectivity index (χ2n) is 6.50. The van der Waals surface area contributed by atoms with E-state index in [4.69, 9.17) is 0 Å². The lowest BCUT2D eigenvalue weighted by Crippen LogP contribution is -2.34. The molecule has 1 atom stereocenters. The topological polar surface area (TPSA) is 78.5 Å². The molecule has 2 aromatic rings. The number of anilines is 1. The first-order valence-electron chi connectivity index (χ1n) is 8.19. The molecule has 26 heavy (non-hydrogen) atoms. The average Bonchev–Trinajstić information content (AvgIpc) is 3.04. The van der Waals surface area contributed by atoms with Gasteiger partial charge in [0.15, 0.2) is 0 Å². The van der Waals surface area contributed by atoms with E-state index in [2.05, 4.69) is 10.0 Å². The molecule has 0 aliphatic heterocycles. The SMILES string of the molecule is CC(=O)Nc1c(C)cc(S(=O)(=O)NCC(c2ccsc2)N(C)C)cc1C. The Bertz CT molecular complexity index is 852. The zero-order chi connectivity index (χ0) is 19.5. The number of carbonyl (C=O) groups excluding carboxylic acids is 1. The summed E-state index contributed by atoms with van der Waals surface area (Å²) in [4.78, 5) is 13.5. The summed E-state index contributed by atoms with van der Waals surface area (Å²) < 4.78 is 28.2. The highest BCUT2D eigenvalue weighted by Crippen LogP contribution is 2.25. The molecule has 0 aliphatic rings. The summed E-state index contributed by atoms with van der Waals surface area (Å²) in [6.45, 7) is 5.27. The molecule has 0 radical (unpaired) electrons. The molecule has 6 nitrogen and oxygen atoms in total. The van der Waals surface area contributed by atoms with Crippen LogP contribution >= 0.6 is 11.3 Å². The summed E-state index contributed by atoms with van der Waals surface area (Å²) >= 11 is 1.59. The van der Waals surface area contributed by atoms with Crippen LogP contribution < -0.4 is 10.0 Å². The van der Waals surface area contributed by atoms with Crippen molar-refractivity contribution < 1.29 is 13.2 Å². The van der Waals surface area contributed by atoms with E-state index < -0.39 is 10.0 Å². The smallest absolute Gasteiger partial charge is 0.240 e. The summed E-state index contributed by atoms with van der Waals surface area (Å²) in [5.41, 5.74) is 3.15. The fraction of sp³-hybridized carbons (Fsp3) is 0.389. The Balaban J connectivity index is 2.23.